The zero-order chi connectivity index (χ0) is 18.3. The van der Waals surface area contributed by atoms with Crippen molar-refractivity contribution in [1.82, 2.24) is 0 Å². The van der Waals surface area contributed by atoms with E-state index in [1.54, 1.807) is 13.0 Å². The SMILES string of the molecule is CCc1c([N+](=O)[O-])cc2c(c1[N+](=O)[O-])[C@](C)(CC)CC[C@]2(C)CC. The number of fused-ring (bicyclic) bond motifs is 1. The van der Waals surface area contributed by atoms with E-state index in [9.17, 15) is 20.2 Å². The molecule has 6 heteroatoms. The van der Waals surface area contributed by atoms with Gasteiger partial charge in [-0.2, -0.15) is 0 Å². The molecule has 0 heterocycles. The smallest absolute Gasteiger partial charge is 0.258 e. The first-order valence-corrected chi connectivity index (χ1v) is 8.64. The Morgan fingerprint density at radius 1 is 1.00 bits per heavy atom. The maximum absolute atomic E-state index is 11.9. The summed E-state index contributed by atoms with van der Waals surface area (Å²) in [6.07, 6.45) is 3.62. The molecule has 1 aliphatic carbocycles. The van der Waals surface area contributed by atoms with Crippen molar-refractivity contribution in [3.05, 3.63) is 43.0 Å². The molecule has 2 atom stereocenters. The zero-order valence-electron chi connectivity index (χ0n) is 15.1. The third-order valence-corrected chi connectivity index (χ3v) is 6.16. The average molecular weight is 334 g/mol. The molecule has 6 nitrogen and oxygen atoms in total. The van der Waals surface area contributed by atoms with Gasteiger partial charge in [0.05, 0.1) is 9.85 Å². The minimum absolute atomic E-state index is 0.0228. The molecule has 0 radical (unpaired) electrons. The van der Waals surface area contributed by atoms with E-state index in [0.717, 1.165) is 36.8 Å². The van der Waals surface area contributed by atoms with E-state index in [0.29, 0.717) is 0 Å². The fourth-order valence-corrected chi connectivity index (χ4v) is 4.03. The van der Waals surface area contributed by atoms with Crippen molar-refractivity contribution in [2.75, 3.05) is 0 Å². The van der Waals surface area contributed by atoms with E-state index in [-0.39, 0.29) is 34.2 Å². The van der Waals surface area contributed by atoms with E-state index in [1.165, 1.54) is 0 Å². The van der Waals surface area contributed by atoms with E-state index in [4.69, 9.17) is 0 Å². The Morgan fingerprint density at radius 3 is 1.96 bits per heavy atom. The van der Waals surface area contributed by atoms with Gasteiger partial charge in [-0.25, -0.2) is 0 Å². The van der Waals surface area contributed by atoms with E-state index in [2.05, 4.69) is 13.8 Å². The normalized spacial score (nSPS) is 26.0. The van der Waals surface area contributed by atoms with Gasteiger partial charge in [-0.15, -0.1) is 0 Å². The van der Waals surface area contributed by atoms with Crippen LogP contribution in [-0.4, -0.2) is 9.85 Å². The lowest BCUT2D eigenvalue weighted by molar-refractivity contribution is -0.396. The van der Waals surface area contributed by atoms with Crippen LogP contribution in [0.15, 0.2) is 6.07 Å². The fraction of sp³-hybridized carbons (Fsp3) is 0.667. The van der Waals surface area contributed by atoms with E-state index in [1.807, 2.05) is 13.8 Å². The minimum atomic E-state index is -0.472. The van der Waals surface area contributed by atoms with Crippen LogP contribution in [0.3, 0.4) is 0 Å². The summed E-state index contributed by atoms with van der Waals surface area (Å²) >= 11 is 0. The summed E-state index contributed by atoms with van der Waals surface area (Å²) in [5.74, 6) is 0. The van der Waals surface area contributed by atoms with Crippen molar-refractivity contribution < 1.29 is 9.85 Å². The summed E-state index contributed by atoms with van der Waals surface area (Å²) in [6, 6.07) is 1.62. The Bertz CT molecular complexity index is 701. The summed E-state index contributed by atoms with van der Waals surface area (Å²) in [5, 5.41) is 23.5. The fourth-order valence-electron chi connectivity index (χ4n) is 4.03. The molecular formula is C18H26N2O4. The van der Waals surface area contributed by atoms with Gasteiger partial charge in [0.2, 0.25) is 0 Å². The number of nitro benzene ring substituents is 2. The largest absolute Gasteiger partial charge is 0.283 e. The standard InChI is InChI=1S/C18H26N2O4/c1-6-12-14(19(21)22)11-13-15(16(12)20(23)24)18(5,8-3)10-9-17(13,4)7-2/h11H,6-10H2,1-5H3/t17-,18+/m0/s1. The van der Waals surface area contributed by atoms with Gasteiger partial charge >= 0.3 is 0 Å². The van der Waals surface area contributed by atoms with Crippen LogP contribution in [0, 0.1) is 20.2 Å². The first-order valence-electron chi connectivity index (χ1n) is 8.64. The predicted octanol–water partition coefficient (Wildman–Crippen LogP) is 5.19. The quantitative estimate of drug-likeness (QED) is 0.547. The van der Waals surface area contributed by atoms with Crippen LogP contribution in [0.5, 0.6) is 0 Å². The van der Waals surface area contributed by atoms with Crippen LogP contribution in [0.1, 0.15) is 77.0 Å². The third kappa shape index (κ3) is 2.58. The molecule has 0 amide bonds. The Hall–Kier alpha value is -1.98. The molecular weight excluding hydrogens is 308 g/mol. The summed E-state index contributed by atoms with van der Waals surface area (Å²) in [4.78, 5) is 22.6. The van der Waals surface area contributed by atoms with Gasteiger partial charge in [0.25, 0.3) is 11.4 Å². The summed E-state index contributed by atoms with van der Waals surface area (Å²) in [5.41, 5.74) is 1.08. The van der Waals surface area contributed by atoms with Gasteiger partial charge in [0, 0.05) is 11.6 Å². The van der Waals surface area contributed by atoms with Crippen molar-refractivity contribution in [3.63, 3.8) is 0 Å². The molecule has 0 saturated carbocycles. The van der Waals surface area contributed by atoms with Crippen molar-refractivity contribution in [2.45, 2.75) is 77.6 Å². The summed E-state index contributed by atoms with van der Waals surface area (Å²) in [7, 11) is 0. The highest BCUT2D eigenvalue weighted by Crippen LogP contribution is 2.54. The monoisotopic (exact) mass is 334 g/mol. The van der Waals surface area contributed by atoms with Crippen molar-refractivity contribution in [2.24, 2.45) is 0 Å². The minimum Gasteiger partial charge on any atom is -0.258 e. The van der Waals surface area contributed by atoms with Crippen LogP contribution < -0.4 is 0 Å². The molecule has 1 aromatic carbocycles. The van der Waals surface area contributed by atoms with E-state index < -0.39 is 9.85 Å². The highest BCUT2D eigenvalue weighted by Gasteiger charge is 2.47. The zero-order valence-corrected chi connectivity index (χ0v) is 15.1. The lowest BCUT2D eigenvalue weighted by Crippen LogP contribution is -2.38. The molecule has 132 valence electrons. The molecule has 0 spiro atoms. The third-order valence-electron chi connectivity index (χ3n) is 6.16. The topological polar surface area (TPSA) is 86.3 Å². The second-order valence-corrected chi connectivity index (χ2v) is 7.34. The Morgan fingerprint density at radius 2 is 1.54 bits per heavy atom. The first kappa shape index (κ1) is 18.4. The second kappa shape index (κ2) is 6.15. The predicted molar refractivity (Wildman–Crippen MR) is 93.6 cm³/mol. The van der Waals surface area contributed by atoms with Crippen molar-refractivity contribution >= 4 is 11.4 Å². The van der Waals surface area contributed by atoms with Crippen LogP contribution >= 0.6 is 0 Å². The molecule has 0 saturated heterocycles. The van der Waals surface area contributed by atoms with Crippen LogP contribution in [0.2, 0.25) is 0 Å². The van der Waals surface area contributed by atoms with Crippen LogP contribution in [0.4, 0.5) is 11.4 Å². The van der Waals surface area contributed by atoms with Gasteiger partial charge in [-0.3, -0.25) is 20.2 Å². The maximum atomic E-state index is 11.9. The van der Waals surface area contributed by atoms with Crippen molar-refractivity contribution in [3.8, 4) is 0 Å². The summed E-state index contributed by atoms with van der Waals surface area (Å²) < 4.78 is 0. The number of hydrogen-bond acceptors (Lipinski definition) is 4. The lowest BCUT2D eigenvalue weighted by Gasteiger charge is -2.44. The number of benzene rings is 1. The molecule has 24 heavy (non-hydrogen) atoms. The molecule has 0 unspecified atom stereocenters. The number of nitro groups is 2. The Labute approximate surface area is 142 Å². The number of rotatable bonds is 5. The summed E-state index contributed by atoms with van der Waals surface area (Å²) in [6.45, 7) is 9.95. The molecule has 1 aromatic rings. The highest BCUT2D eigenvalue weighted by atomic mass is 16.6. The lowest BCUT2D eigenvalue weighted by atomic mass is 9.59. The first-order chi connectivity index (χ1) is 11.1. The van der Waals surface area contributed by atoms with Gasteiger partial charge < -0.3 is 0 Å². The van der Waals surface area contributed by atoms with Gasteiger partial charge in [-0.1, -0.05) is 34.6 Å². The Balaban J connectivity index is 3.02. The van der Waals surface area contributed by atoms with Gasteiger partial charge in [-0.05, 0) is 48.5 Å². The van der Waals surface area contributed by atoms with Gasteiger partial charge in [0.15, 0.2) is 0 Å². The molecule has 0 aromatic heterocycles. The number of hydrogen-bond donors (Lipinski definition) is 0. The Kier molecular flexibility index (Phi) is 4.70. The van der Waals surface area contributed by atoms with E-state index >= 15 is 0 Å². The number of nitrogens with zero attached hydrogens (tertiary/aromatic N) is 2. The molecule has 0 aliphatic heterocycles. The van der Waals surface area contributed by atoms with Crippen LogP contribution in [-0.2, 0) is 17.3 Å². The van der Waals surface area contributed by atoms with Crippen LogP contribution in [0.25, 0.3) is 0 Å². The molecule has 0 bridgehead atoms. The molecule has 0 fully saturated rings. The van der Waals surface area contributed by atoms with Crippen molar-refractivity contribution in [1.29, 1.82) is 0 Å². The second-order valence-electron chi connectivity index (χ2n) is 7.34. The van der Waals surface area contributed by atoms with Gasteiger partial charge in [0.1, 0.15) is 5.56 Å². The average Bonchev–Trinajstić information content (AvgIpc) is 2.56. The molecule has 1 aliphatic rings. The molecule has 0 N–H and O–H groups in total. The molecule has 2 rings (SSSR count). The maximum Gasteiger partial charge on any atom is 0.283 e. The highest BCUT2D eigenvalue weighted by molar-refractivity contribution is 5.66.